The highest BCUT2D eigenvalue weighted by atomic mass is 32.2. The molecule has 0 saturated carbocycles. The molecule has 1 aromatic carbocycles. The van der Waals surface area contributed by atoms with Crippen molar-refractivity contribution in [1.82, 2.24) is 20.2 Å². The predicted octanol–water partition coefficient (Wildman–Crippen LogP) is 2.82. The molecule has 0 bridgehead atoms. The average molecular weight is 344 g/mol. The van der Waals surface area contributed by atoms with Crippen molar-refractivity contribution in [2.75, 3.05) is 19.3 Å². The van der Waals surface area contributed by atoms with Gasteiger partial charge in [0.05, 0.1) is 12.0 Å². The quantitative estimate of drug-likeness (QED) is 0.647. The summed E-state index contributed by atoms with van der Waals surface area (Å²) in [5.41, 5.74) is 2.34. The highest BCUT2D eigenvalue weighted by Gasteiger charge is 2.29. The molecule has 3 rings (SSSR count). The number of guanidine groups is 1. The lowest BCUT2D eigenvalue weighted by atomic mass is 10.1. The number of aromatic nitrogens is 2. The first-order chi connectivity index (χ1) is 11.7. The number of benzene rings is 1. The van der Waals surface area contributed by atoms with Crippen LogP contribution in [0.2, 0.25) is 0 Å². The van der Waals surface area contributed by atoms with Gasteiger partial charge in [-0.05, 0) is 37.1 Å². The Balaban J connectivity index is 1.60. The molecule has 128 valence electrons. The Hall–Kier alpha value is -1.95. The summed E-state index contributed by atoms with van der Waals surface area (Å²) < 4.78 is 2.36. The summed E-state index contributed by atoms with van der Waals surface area (Å²) >= 11 is 2.06. The van der Waals surface area contributed by atoms with Crippen molar-refractivity contribution >= 4 is 17.7 Å². The Morgan fingerprint density at radius 1 is 1.38 bits per heavy atom. The zero-order chi connectivity index (χ0) is 16.8. The van der Waals surface area contributed by atoms with E-state index in [0.29, 0.717) is 4.75 Å². The number of nitrogens with one attached hydrogen (secondary N) is 2. The molecule has 0 spiro atoms. The zero-order valence-electron chi connectivity index (χ0n) is 14.3. The van der Waals surface area contributed by atoms with Crippen molar-refractivity contribution in [2.45, 2.75) is 31.1 Å². The molecule has 2 heterocycles. The molecular weight excluding hydrogens is 318 g/mol. The van der Waals surface area contributed by atoms with Gasteiger partial charge in [0.1, 0.15) is 0 Å². The van der Waals surface area contributed by atoms with Crippen LogP contribution in [0, 0.1) is 0 Å². The summed E-state index contributed by atoms with van der Waals surface area (Å²) in [6.07, 6.45) is 8.16. The lowest BCUT2D eigenvalue weighted by Crippen LogP contribution is -2.43. The van der Waals surface area contributed by atoms with Gasteiger partial charge in [-0.15, -0.1) is 0 Å². The van der Waals surface area contributed by atoms with Crippen LogP contribution < -0.4 is 10.6 Å². The maximum atomic E-state index is 4.35. The molecule has 1 aliphatic rings. The lowest BCUT2D eigenvalue weighted by molar-refractivity contribution is 0.584. The molecule has 1 fully saturated rings. The van der Waals surface area contributed by atoms with Crippen molar-refractivity contribution in [3.63, 3.8) is 0 Å². The van der Waals surface area contributed by atoms with Crippen molar-refractivity contribution in [2.24, 2.45) is 4.99 Å². The summed E-state index contributed by atoms with van der Waals surface area (Å²) in [6.45, 7) is 4.00. The largest absolute Gasteiger partial charge is 0.355 e. The summed E-state index contributed by atoms with van der Waals surface area (Å²) in [4.78, 5) is 8.49. The third-order valence-electron chi connectivity index (χ3n) is 4.37. The van der Waals surface area contributed by atoms with Gasteiger partial charge in [0.2, 0.25) is 0 Å². The first-order valence-corrected chi connectivity index (χ1v) is 9.33. The highest BCUT2D eigenvalue weighted by molar-refractivity contribution is 8.00. The fraction of sp³-hybridized carbons (Fsp3) is 0.444. The molecule has 24 heavy (non-hydrogen) atoms. The number of nitrogens with zero attached hydrogens (tertiary/aromatic N) is 3. The van der Waals surface area contributed by atoms with Crippen LogP contribution in [0.15, 0.2) is 48.0 Å². The monoisotopic (exact) mass is 343 g/mol. The highest BCUT2D eigenvalue weighted by Crippen LogP contribution is 2.36. The maximum absolute atomic E-state index is 4.35. The molecule has 1 unspecified atom stereocenters. The van der Waals surface area contributed by atoms with Crippen LogP contribution in [-0.4, -0.2) is 39.6 Å². The molecule has 0 amide bonds. The standard InChI is InChI=1S/C18H25N5S/c1-18(8-5-11-24-18)13-22-17(19-2)21-12-15-6-3-4-7-16(15)23-10-9-20-14-23/h3-4,6-7,9-10,14H,5,8,11-13H2,1-2H3,(H2,19,21,22). The van der Waals surface area contributed by atoms with Gasteiger partial charge in [-0.3, -0.25) is 4.99 Å². The first-order valence-electron chi connectivity index (χ1n) is 8.35. The lowest BCUT2D eigenvalue weighted by Gasteiger charge is -2.24. The van der Waals surface area contributed by atoms with E-state index in [1.165, 1.54) is 24.2 Å². The number of aliphatic imine (C=N–C) groups is 1. The Labute approximate surface area is 148 Å². The third-order valence-corrected chi connectivity index (χ3v) is 5.91. The molecule has 1 aliphatic heterocycles. The van der Waals surface area contributed by atoms with Crippen LogP contribution in [0.5, 0.6) is 0 Å². The molecule has 5 nitrogen and oxygen atoms in total. The number of hydrogen-bond donors (Lipinski definition) is 2. The van der Waals surface area contributed by atoms with E-state index in [-0.39, 0.29) is 0 Å². The van der Waals surface area contributed by atoms with E-state index < -0.39 is 0 Å². The molecule has 2 aromatic rings. The van der Waals surface area contributed by atoms with Crippen LogP contribution in [0.1, 0.15) is 25.3 Å². The van der Waals surface area contributed by atoms with Crippen LogP contribution in [-0.2, 0) is 6.54 Å². The number of rotatable bonds is 5. The minimum absolute atomic E-state index is 0.326. The number of hydrogen-bond acceptors (Lipinski definition) is 3. The smallest absolute Gasteiger partial charge is 0.191 e. The Morgan fingerprint density at radius 2 is 2.25 bits per heavy atom. The van der Waals surface area contributed by atoms with Gasteiger partial charge < -0.3 is 15.2 Å². The molecule has 2 N–H and O–H groups in total. The number of imidazole rings is 1. The Morgan fingerprint density at radius 3 is 2.96 bits per heavy atom. The second-order valence-corrected chi connectivity index (χ2v) is 7.96. The maximum Gasteiger partial charge on any atom is 0.191 e. The van der Waals surface area contributed by atoms with E-state index in [1.807, 2.05) is 30.2 Å². The molecule has 6 heteroatoms. The summed E-state index contributed by atoms with van der Waals surface area (Å²) in [7, 11) is 1.82. The molecule has 0 radical (unpaired) electrons. The SMILES string of the molecule is CN=C(NCc1ccccc1-n1ccnc1)NCC1(C)CCCS1. The average Bonchev–Trinajstić information content (AvgIpc) is 3.27. The normalized spacial score (nSPS) is 21.0. The van der Waals surface area contributed by atoms with Crippen LogP contribution in [0.3, 0.4) is 0 Å². The van der Waals surface area contributed by atoms with Gasteiger partial charge in [0.25, 0.3) is 0 Å². The van der Waals surface area contributed by atoms with Gasteiger partial charge in [0, 0.05) is 37.3 Å². The summed E-state index contributed by atoms with van der Waals surface area (Å²) in [5, 5.41) is 6.90. The zero-order valence-corrected chi connectivity index (χ0v) is 15.1. The first kappa shape index (κ1) is 16.9. The van der Waals surface area contributed by atoms with Gasteiger partial charge in [0.15, 0.2) is 5.96 Å². The summed E-state index contributed by atoms with van der Waals surface area (Å²) in [5.74, 6) is 2.12. The van der Waals surface area contributed by atoms with Gasteiger partial charge >= 0.3 is 0 Å². The second kappa shape index (κ2) is 7.75. The molecular formula is C18H25N5S. The van der Waals surface area contributed by atoms with E-state index in [4.69, 9.17) is 0 Å². The van der Waals surface area contributed by atoms with Crippen LogP contribution >= 0.6 is 11.8 Å². The van der Waals surface area contributed by atoms with Crippen LogP contribution in [0.25, 0.3) is 5.69 Å². The number of thioether (sulfide) groups is 1. The van der Waals surface area contributed by atoms with Gasteiger partial charge in [-0.1, -0.05) is 18.2 Å². The number of para-hydroxylation sites is 1. The summed E-state index contributed by atoms with van der Waals surface area (Å²) in [6, 6.07) is 8.34. The van der Waals surface area contributed by atoms with E-state index in [9.17, 15) is 0 Å². The molecule has 1 saturated heterocycles. The third kappa shape index (κ3) is 4.12. The van der Waals surface area contributed by atoms with Gasteiger partial charge in [-0.25, -0.2) is 4.98 Å². The molecule has 0 aliphatic carbocycles. The minimum atomic E-state index is 0.326. The Kier molecular flexibility index (Phi) is 5.45. The fourth-order valence-corrected chi connectivity index (χ4v) is 4.20. The van der Waals surface area contributed by atoms with Gasteiger partial charge in [-0.2, -0.15) is 11.8 Å². The fourth-order valence-electron chi connectivity index (χ4n) is 2.96. The predicted molar refractivity (Wildman–Crippen MR) is 102 cm³/mol. The van der Waals surface area contributed by atoms with Crippen molar-refractivity contribution in [3.05, 3.63) is 48.5 Å². The van der Waals surface area contributed by atoms with Crippen molar-refractivity contribution < 1.29 is 0 Å². The van der Waals surface area contributed by atoms with E-state index in [0.717, 1.165) is 24.7 Å². The topological polar surface area (TPSA) is 54.2 Å². The molecule has 1 atom stereocenters. The van der Waals surface area contributed by atoms with Crippen LogP contribution in [0.4, 0.5) is 0 Å². The van der Waals surface area contributed by atoms with E-state index in [1.54, 1.807) is 6.20 Å². The van der Waals surface area contributed by atoms with Crippen molar-refractivity contribution in [1.29, 1.82) is 0 Å². The minimum Gasteiger partial charge on any atom is -0.355 e. The van der Waals surface area contributed by atoms with E-state index in [2.05, 4.69) is 57.5 Å². The van der Waals surface area contributed by atoms with Crippen molar-refractivity contribution in [3.8, 4) is 5.69 Å². The molecule has 1 aromatic heterocycles. The Bertz CT molecular complexity index is 674. The second-order valence-electron chi connectivity index (χ2n) is 6.28. The van der Waals surface area contributed by atoms with E-state index >= 15 is 0 Å².